The first-order valence-electron chi connectivity index (χ1n) is 7.07. The van der Waals surface area contributed by atoms with Crippen LogP contribution in [0.1, 0.15) is 15.9 Å². The zero-order chi connectivity index (χ0) is 16.2. The summed E-state index contributed by atoms with van der Waals surface area (Å²) in [5, 5.41) is 4.78. The largest absolute Gasteiger partial charge is 0.348 e. The zero-order valence-corrected chi connectivity index (χ0v) is 13.3. The van der Waals surface area contributed by atoms with Gasteiger partial charge in [0.1, 0.15) is 5.56 Å². The minimum atomic E-state index is -0.382. The quantitative estimate of drug-likeness (QED) is 0.801. The lowest BCUT2D eigenvalue weighted by Crippen LogP contribution is -2.31. The van der Waals surface area contributed by atoms with Gasteiger partial charge in [0.15, 0.2) is 0 Å². The molecule has 1 N–H and O–H groups in total. The number of aromatic nitrogens is 2. The summed E-state index contributed by atoms with van der Waals surface area (Å²) in [5.41, 5.74) is 1.73. The molecule has 1 amide bonds. The molecular weight excluding hydrogens is 310 g/mol. The van der Waals surface area contributed by atoms with Crippen LogP contribution >= 0.6 is 11.3 Å². The first-order chi connectivity index (χ1) is 11.1. The predicted molar refractivity (Wildman–Crippen MR) is 90.4 cm³/mol. The number of rotatable bonds is 4. The van der Waals surface area contributed by atoms with E-state index in [-0.39, 0.29) is 17.0 Å². The van der Waals surface area contributed by atoms with E-state index in [9.17, 15) is 9.59 Å². The number of hydrogen-bond acceptors (Lipinski definition) is 4. The Morgan fingerprint density at radius 1 is 1.30 bits per heavy atom. The number of amides is 1. The zero-order valence-electron chi connectivity index (χ0n) is 12.5. The van der Waals surface area contributed by atoms with Gasteiger partial charge >= 0.3 is 0 Å². The van der Waals surface area contributed by atoms with Crippen molar-refractivity contribution in [3.05, 3.63) is 75.8 Å². The Morgan fingerprint density at radius 3 is 2.96 bits per heavy atom. The Morgan fingerprint density at radius 2 is 2.17 bits per heavy atom. The maximum Gasteiger partial charge on any atom is 0.263 e. The summed E-state index contributed by atoms with van der Waals surface area (Å²) in [6.07, 6.45) is 5.12. The molecule has 3 aromatic rings. The normalized spacial score (nSPS) is 10.5. The number of carbonyl (C=O) groups excluding carboxylic acids is 1. The van der Waals surface area contributed by atoms with Crippen molar-refractivity contribution < 1.29 is 4.79 Å². The van der Waals surface area contributed by atoms with E-state index in [4.69, 9.17) is 0 Å². The topological polar surface area (TPSA) is 64.0 Å². The molecule has 0 radical (unpaired) electrons. The van der Waals surface area contributed by atoms with Gasteiger partial charge in [-0.25, -0.2) is 0 Å². The van der Waals surface area contributed by atoms with E-state index < -0.39 is 0 Å². The van der Waals surface area contributed by atoms with Crippen molar-refractivity contribution in [2.45, 2.75) is 6.54 Å². The van der Waals surface area contributed by atoms with E-state index in [1.54, 1.807) is 43.0 Å². The molecule has 3 rings (SSSR count). The fourth-order valence-corrected chi connectivity index (χ4v) is 2.92. The summed E-state index contributed by atoms with van der Waals surface area (Å²) in [4.78, 5) is 29.4. The third-order valence-corrected chi connectivity index (χ3v) is 4.34. The van der Waals surface area contributed by atoms with E-state index in [1.165, 1.54) is 10.6 Å². The second kappa shape index (κ2) is 6.58. The van der Waals surface area contributed by atoms with Gasteiger partial charge in [0.2, 0.25) is 0 Å². The van der Waals surface area contributed by atoms with E-state index in [2.05, 4.69) is 10.3 Å². The number of carbonyl (C=O) groups is 1. The molecule has 0 unspecified atom stereocenters. The fraction of sp³-hybridized carbons (Fsp3) is 0.118. The lowest BCUT2D eigenvalue weighted by Gasteiger charge is -2.07. The summed E-state index contributed by atoms with van der Waals surface area (Å²) in [6.45, 7) is 0.323. The van der Waals surface area contributed by atoms with E-state index >= 15 is 0 Å². The molecule has 3 aromatic heterocycles. The summed E-state index contributed by atoms with van der Waals surface area (Å²) in [5.74, 6) is -0.382. The van der Waals surface area contributed by atoms with Crippen LogP contribution < -0.4 is 10.9 Å². The standard InChI is InChI=1S/C17H15N3O2S/c1-20-6-2-4-14(17(20)22)16(21)19-10-12-8-13(11-18-9-12)15-5-3-7-23-15/h2-9,11H,10H2,1H3,(H,19,21). The molecule has 5 nitrogen and oxygen atoms in total. The minimum absolute atomic E-state index is 0.136. The van der Waals surface area contributed by atoms with Crippen molar-refractivity contribution in [1.29, 1.82) is 0 Å². The van der Waals surface area contributed by atoms with Crippen molar-refractivity contribution in [1.82, 2.24) is 14.9 Å². The Kier molecular flexibility index (Phi) is 4.34. The van der Waals surface area contributed by atoms with Crippen LogP contribution in [0.5, 0.6) is 0 Å². The van der Waals surface area contributed by atoms with Gasteiger partial charge in [-0.3, -0.25) is 14.6 Å². The van der Waals surface area contributed by atoms with Crippen molar-refractivity contribution >= 4 is 17.2 Å². The van der Waals surface area contributed by atoms with Crippen molar-refractivity contribution in [2.75, 3.05) is 0 Å². The Labute approximate surface area is 137 Å². The summed E-state index contributed by atoms with van der Waals surface area (Å²) in [6, 6.07) is 9.20. The van der Waals surface area contributed by atoms with Gasteiger partial charge in [-0.1, -0.05) is 6.07 Å². The molecule has 0 saturated carbocycles. The molecule has 0 bridgehead atoms. The predicted octanol–water partition coefficient (Wildman–Crippen LogP) is 2.44. The Hall–Kier alpha value is -2.73. The van der Waals surface area contributed by atoms with Crippen LogP contribution in [-0.4, -0.2) is 15.5 Å². The van der Waals surface area contributed by atoms with Gasteiger partial charge in [-0.15, -0.1) is 11.3 Å². The smallest absolute Gasteiger partial charge is 0.263 e. The molecule has 6 heteroatoms. The molecule has 0 fully saturated rings. The van der Waals surface area contributed by atoms with Crippen LogP contribution in [0, 0.1) is 0 Å². The molecule has 0 aliphatic rings. The Balaban J connectivity index is 1.73. The molecule has 0 aliphatic carbocycles. The van der Waals surface area contributed by atoms with Crippen LogP contribution in [0.3, 0.4) is 0 Å². The molecule has 0 saturated heterocycles. The van der Waals surface area contributed by atoms with E-state index in [1.807, 2.05) is 23.6 Å². The lowest BCUT2D eigenvalue weighted by molar-refractivity contribution is 0.0949. The summed E-state index contributed by atoms with van der Waals surface area (Å²) < 4.78 is 1.38. The molecular formula is C17H15N3O2S. The van der Waals surface area contributed by atoms with Crippen molar-refractivity contribution in [2.24, 2.45) is 7.05 Å². The number of pyridine rings is 2. The summed E-state index contributed by atoms with van der Waals surface area (Å²) in [7, 11) is 1.62. The first kappa shape index (κ1) is 15.2. The second-order valence-electron chi connectivity index (χ2n) is 5.08. The molecule has 23 heavy (non-hydrogen) atoms. The number of hydrogen-bond donors (Lipinski definition) is 1. The van der Waals surface area contributed by atoms with Crippen LogP contribution in [-0.2, 0) is 13.6 Å². The highest BCUT2D eigenvalue weighted by molar-refractivity contribution is 7.13. The number of aryl methyl sites for hydroxylation is 1. The molecule has 116 valence electrons. The van der Waals surface area contributed by atoms with Crippen LogP contribution in [0.15, 0.2) is 59.1 Å². The number of nitrogens with one attached hydrogen (secondary N) is 1. The summed E-state index contributed by atoms with van der Waals surface area (Å²) >= 11 is 1.64. The molecule has 3 heterocycles. The third kappa shape index (κ3) is 3.37. The fourth-order valence-electron chi connectivity index (χ4n) is 2.21. The lowest BCUT2D eigenvalue weighted by atomic mass is 10.1. The highest BCUT2D eigenvalue weighted by Crippen LogP contribution is 2.24. The Bertz CT molecular complexity index is 885. The molecule has 0 aromatic carbocycles. The average molecular weight is 325 g/mol. The average Bonchev–Trinajstić information content (AvgIpc) is 3.10. The van der Waals surface area contributed by atoms with Crippen molar-refractivity contribution in [3.8, 4) is 10.4 Å². The molecule has 0 atom stereocenters. The number of nitrogens with zero attached hydrogens (tertiary/aromatic N) is 2. The number of thiophene rings is 1. The minimum Gasteiger partial charge on any atom is -0.348 e. The van der Waals surface area contributed by atoms with Crippen molar-refractivity contribution in [3.63, 3.8) is 0 Å². The first-order valence-corrected chi connectivity index (χ1v) is 7.95. The maximum atomic E-state index is 12.2. The van der Waals surface area contributed by atoms with Gasteiger partial charge in [0.25, 0.3) is 11.5 Å². The van der Waals surface area contributed by atoms with Crippen LogP contribution in [0.25, 0.3) is 10.4 Å². The van der Waals surface area contributed by atoms with Crippen LogP contribution in [0.4, 0.5) is 0 Å². The second-order valence-corrected chi connectivity index (χ2v) is 6.03. The van der Waals surface area contributed by atoms with Gasteiger partial charge in [0, 0.05) is 42.6 Å². The highest BCUT2D eigenvalue weighted by atomic mass is 32.1. The van der Waals surface area contributed by atoms with Gasteiger partial charge in [-0.2, -0.15) is 0 Å². The highest BCUT2D eigenvalue weighted by Gasteiger charge is 2.11. The van der Waals surface area contributed by atoms with Gasteiger partial charge in [-0.05, 0) is 35.2 Å². The third-order valence-electron chi connectivity index (χ3n) is 3.42. The molecule has 0 aliphatic heterocycles. The van der Waals surface area contributed by atoms with Gasteiger partial charge < -0.3 is 9.88 Å². The van der Waals surface area contributed by atoms with Crippen LogP contribution in [0.2, 0.25) is 0 Å². The molecule has 0 spiro atoms. The van der Waals surface area contributed by atoms with E-state index in [0.717, 1.165) is 16.0 Å². The van der Waals surface area contributed by atoms with Gasteiger partial charge in [0.05, 0.1) is 0 Å². The van der Waals surface area contributed by atoms with E-state index in [0.29, 0.717) is 6.54 Å². The maximum absolute atomic E-state index is 12.2. The SMILES string of the molecule is Cn1cccc(C(=O)NCc2cncc(-c3cccs3)c2)c1=O. The monoisotopic (exact) mass is 325 g/mol.